The highest BCUT2D eigenvalue weighted by atomic mass is 16.5. The van der Waals surface area contributed by atoms with E-state index in [1.54, 1.807) is 0 Å². The van der Waals surface area contributed by atoms with E-state index in [2.05, 4.69) is 4.90 Å². The number of aliphatic carboxylic acids is 2. The van der Waals surface area contributed by atoms with E-state index >= 15 is 0 Å². The zero-order valence-electron chi connectivity index (χ0n) is 20.5. The molecule has 188 valence electrons. The van der Waals surface area contributed by atoms with Crippen LogP contribution in [0.4, 0.5) is 0 Å². The average molecular weight is 458 g/mol. The van der Waals surface area contributed by atoms with E-state index in [0.29, 0.717) is 6.42 Å². The Kier molecular flexibility index (Phi) is 20.1. The number of nitrogens with zero attached hydrogens (tertiary/aromatic N) is 1. The zero-order valence-corrected chi connectivity index (χ0v) is 20.5. The number of carboxylic acids is 2. The van der Waals surface area contributed by atoms with Crippen LogP contribution in [0.2, 0.25) is 0 Å². The second-order valence-corrected chi connectivity index (χ2v) is 9.13. The smallest absolute Gasteiger partial charge is 0.306 e. The van der Waals surface area contributed by atoms with Crippen LogP contribution in [0.3, 0.4) is 0 Å². The van der Waals surface area contributed by atoms with Gasteiger partial charge in [-0.3, -0.25) is 14.4 Å². The van der Waals surface area contributed by atoms with Crippen molar-refractivity contribution in [3.63, 3.8) is 0 Å². The van der Waals surface area contributed by atoms with Crippen molar-refractivity contribution in [1.29, 1.82) is 0 Å². The minimum Gasteiger partial charge on any atom is -0.481 e. The van der Waals surface area contributed by atoms with Crippen molar-refractivity contribution in [3.8, 4) is 0 Å². The fraction of sp³-hybridized carbons (Fsp3) is 0.880. The van der Waals surface area contributed by atoms with E-state index in [-0.39, 0.29) is 24.9 Å². The molecule has 0 aromatic rings. The molecule has 0 radical (unpaired) electrons. The molecule has 0 amide bonds. The Hall–Kier alpha value is -1.63. The van der Waals surface area contributed by atoms with E-state index in [9.17, 15) is 14.4 Å². The number of hydrogen-bond acceptors (Lipinski definition) is 5. The third kappa shape index (κ3) is 23.0. The van der Waals surface area contributed by atoms with Crippen LogP contribution in [-0.2, 0) is 19.1 Å². The molecule has 0 aromatic heterocycles. The zero-order chi connectivity index (χ0) is 24.0. The first-order chi connectivity index (χ1) is 15.3. The van der Waals surface area contributed by atoms with Crippen LogP contribution in [0.1, 0.15) is 116 Å². The summed E-state index contributed by atoms with van der Waals surface area (Å²) in [6, 6.07) is 0. The Morgan fingerprint density at radius 3 is 1.44 bits per heavy atom. The van der Waals surface area contributed by atoms with Gasteiger partial charge >= 0.3 is 17.9 Å². The SMILES string of the molecule is CN(C)CCCC(=O)OC(CCCCCCCCC(=O)O)CCCCCCCCC(=O)O. The second-order valence-electron chi connectivity index (χ2n) is 9.13. The van der Waals surface area contributed by atoms with E-state index < -0.39 is 11.9 Å². The highest BCUT2D eigenvalue weighted by Gasteiger charge is 2.14. The normalized spacial score (nSPS) is 11.2. The summed E-state index contributed by atoms with van der Waals surface area (Å²) in [5.41, 5.74) is 0. The maximum Gasteiger partial charge on any atom is 0.306 e. The Morgan fingerprint density at radius 2 is 1.03 bits per heavy atom. The van der Waals surface area contributed by atoms with Gasteiger partial charge in [0.1, 0.15) is 6.10 Å². The van der Waals surface area contributed by atoms with Gasteiger partial charge in [0.15, 0.2) is 0 Å². The van der Waals surface area contributed by atoms with Gasteiger partial charge in [-0.15, -0.1) is 0 Å². The second kappa shape index (κ2) is 21.2. The maximum absolute atomic E-state index is 12.2. The summed E-state index contributed by atoms with van der Waals surface area (Å²) in [4.78, 5) is 35.3. The molecule has 0 aromatic carbocycles. The van der Waals surface area contributed by atoms with Crippen LogP contribution < -0.4 is 0 Å². The third-order valence-corrected chi connectivity index (χ3v) is 5.62. The van der Waals surface area contributed by atoms with Crippen LogP contribution in [0, 0.1) is 0 Å². The molecule has 0 atom stereocenters. The molecule has 0 aliphatic rings. The molecule has 32 heavy (non-hydrogen) atoms. The first-order valence-corrected chi connectivity index (χ1v) is 12.6. The summed E-state index contributed by atoms with van der Waals surface area (Å²) in [7, 11) is 4.00. The highest BCUT2D eigenvalue weighted by molar-refractivity contribution is 5.69. The van der Waals surface area contributed by atoms with Gasteiger partial charge in [0.25, 0.3) is 0 Å². The van der Waals surface area contributed by atoms with Crippen LogP contribution in [0.25, 0.3) is 0 Å². The van der Waals surface area contributed by atoms with Gasteiger partial charge in [-0.1, -0.05) is 51.4 Å². The molecular weight excluding hydrogens is 410 g/mol. The van der Waals surface area contributed by atoms with Crippen molar-refractivity contribution in [2.24, 2.45) is 0 Å². The molecule has 0 aliphatic carbocycles. The van der Waals surface area contributed by atoms with Gasteiger partial charge in [0, 0.05) is 19.3 Å². The molecule has 0 unspecified atom stereocenters. The quantitative estimate of drug-likeness (QED) is 0.151. The molecule has 7 heteroatoms. The molecule has 0 saturated heterocycles. The number of unbranched alkanes of at least 4 members (excludes halogenated alkanes) is 10. The largest absolute Gasteiger partial charge is 0.481 e. The molecule has 0 saturated carbocycles. The van der Waals surface area contributed by atoms with Gasteiger partial charge in [-0.2, -0.15) is 0 Å². The van der Waals surface area contributed by atoms with Crippen molar-refractivity contribution in [3.05, 3.63) is 0 Å². The van der Waals surface area contributed by atoms with Crippen molar-refractivity contribution in [2.45, 2.75) is 122 Å². The molecule has 0 heterocycles. The topological polar surface area (TPSA) is 104 Å². The summed E-state index contributed by atoms with van der Waals surface area (Å²) >= 11 is 0. The Labute approximate surface area is 194 Å². The molecule has 0 aliphatic heterocycles. The fourth-order valence-corrected chi connectivity index (χ4v) is 3.76. The number of carbonyl (C=O) groups excluding carboxylic acids is 1. The fourth-order valence-electron chi connectivity index (χ4n) is 3.76. The predicted octanol–water partition coefficient (Wildman–Crippen LogP) is 5.65. The van der Waals surface area contributed by atoms with Crippen molar-refractivity contribution in [1.82, 2.24) is 4.90 Å². The monoisotopic (exact) mass is 457 g/mol. The van der Waals surface area contributed by atoms with Crippen molar-refractivity contribution >= 4 is 17.9 Å². The number of carbonyl (C=O) groups is 3. The highest BCUT2D eigenvalue weighted by Crippen LogP contribution is 2.18. The maximum atomic E-state index is 12.2. The lowest BCUT2D eigenvalue weighted by Crippen LogP contribution is -2.20. The molecule has 7 nitrogen and oxygen atoms in total. The average Bonchev–Trinajstić information content (AvgIpc) is 2.70. The van der Waals surface area contributed by atoms with E-state index in [0.717, 1.165) is 103 Å². The third-order valence-electron chi connectivity index (χ3n) is 5.62. The van der Waals surface area contributed by atoms with E-state index in [1.807, 2.05) is 14.1 Å². The summed E-state index contributed by atoms with van der Waals surface area (Å²) in [5.74, 6) is -1.54. The first kappa shape index (κ1) is 30.4. The van der Waals surface area contributed by atoms with Gasteiger partial charge in [0.05, 0.1) is 0 Å². The molecule has 0 fully saturated rings. The number of ether oxygens (including phenoxy) is 1. The van der Waals surface area contributed by atoms with Crippen molar-refractivity contribution in [2.75, 3.05) is 20.6 Å². The minimum absolute atomic E-state index is 0.0131. The first-order valence-electron chi connectivity index (χ1n) is 12.6. The van der Waals surface area contributed by atoms with Gasteiger partial charge in [0.2, 0.25) is 0 Å². The van der Waals surface area contributed by atoms with E-state index in [4.69, 9.17) is 14.9 Å². The Bertz CT molecular complexity index is 465. The lowest BCUT2D eigenvalue weighted by atomic mass is 10.0. The molecule has 2 N–H and O–H groups in total. The standard InChI is InChI=1S/C25H47NO6/c1-26(2)21-15-20-25(31)32-22(16-11-7-3-5-9-13-18-23(27)28)17-12-8-4-6-10-14-19-24(29)30/h22H,3-21H2,1-2H3,(H,27,28)(H,29,30). The molecular formula is C25H47NO6. The molecule has 0 spiro atoms. The summed E-state index contributed by atoms with van der Waals surface area (Å²) in [6.45, 7) is 0.878. The number of rotatable bonds is 23. The van der Waals surface area contributed by atoms with E-state index in [1.165, 1.54) is 0 Å². The van der Waals surface area contributed by atoms with Crippen LogP contribution in [0.5, 0.6) is 0 Å². The summed E-state index contributed by atoms with van der Waals surface area (Å²) < 4.78 is 5.79. The Balaban J connectivity index is 4.07. The minimum atomic E-state index is -0.722. The number of esters is 1. The van der Waals surface area contributed by atoms with Gasteiger partial charge in [-0.25, -0.2) is 0 Å². The van der Waals surface area contributed by atoms with Crippen LogP contribution in [0.15, 0.2) is 0 Å². The molecule has 0 rings (SSSR count). The van der Waals surface area contributed by atoms with Crippen molar-refractivity contribution < 1.29 is 29.3 Å². The van der Waals surface area contributed by atoms with Crippen LogP contribution >= 0.6 is 0 Å². The predicted molar refractivity (Wildman–Crippen MR) is 127 cm³/mol. The molecule has 0 bridgehead atoms. The number of hydrogen-bond donors (Lipinski definition) is 2. The van der Waals surface area contributed by atoms with Gasteiger partial charge < -0.3 is 19.8 Å². The van der Waals surface area contributed by atoms with Gasteiger partial charge in [-0.05, 0) is 65.6 Å². The lowest BCUT2D eigenvalue weighted by molar-refractivity contribution is -0.150. The Morgan fingerprint density at radius 1 is 0.625 bits per heavy atom. The summed E-state index contributed by atoms with van der Waals surface area (Å²) in [6.07, 6.45) is 15.5. The summed E-state index contributed by atoms with van der Waals surface area (Å²) in [5, 5.41) is 17.3. The van der Waals surface area contributed by atoms with Crippen LogP contribution in [-0.4, -0.2) is 59.8 Å². The lowest BCUT2D eigenvalue weighted by Gasteiger charge is -2.18. The number of carboxylic acid groups (broad SMARTS) is 2.